The normalized spacial score (nSPS) is 32.3. The maximum Gasteiger partial charge on any atom is 0.127 e. The number of alkyl halides is 1. The second-order valence-electron chi connectivity index (χ2n) is 5.41. The Labute approximate surface area is 115 Å². The van der Waals surface area contributed by atoms with Gasteiger partial charge in [-0.3, -0.25) is 0 Å². The topological polar surface area (TPSA) is 0 Å². The lowest BCUT2D eigenvalue weighted by molar-refractivity contribution is 0.466. The van der Waals surface area contributed by atoms with Crippen LogP contribution < -0.4 is 0 Å². The van der Waals surface area contributed by atoms with Crippen molar-refractivity contribution in [3.63, 3.8) is 0 Å². The van der Waals surface area contributed by atoms with Gasteiger partial charge < -0.3 is 0 Å². The standard InChI is InChI=1S/C14H15BrClF/c15-12(10-5-8-4-9(8)6-10)7-11-13(16)2-1-3-14(11)17/h1-3,8-10,12H,4-7H2. The molecule has 92 valence electrons. The molecule has 17 heavy (non-hydrogen) atoms. The van der Waals surface area contributed by atoms with Gasteiger partial charge in [-0.25, -0.2) is 4.39 Å². The smallest absolute Gasteiger partial charge is 0.127 e. The highest BCUT2D eigenvalue weighted by Gasteiger charge is 2.47. The van der Waals surface area contributed by atoms with E-state index >= 15 is 0 Å². The van der Waals surface area contributed by atoms with Crippen LogP contribution in [0, 0.1) is 23.6 Å². The SMILES string of the molecule is Fc1cccc(Cl)c1CC(Br)C1CC2CC2C1. The summed E-state index contributed by atoms with van der Waals surface area (Å²) in [5.41, 5.74) is 0.664. The highest BCUT2D eigenvalue weighted by Crippen LogP contribution is 2.56. The van der Waals surface area contributed by atoms with Crippen molar-refractivity contribution < 1.29 is 4.39 Å². The number of fused-ring (bicyclic) bond motifs is 1. The average Bonchev–Trinajstić information content (AvgIpc) is 2.91. The number of hydrogen-bond donors (Lipinski definition) is 0. The molecule has 0 spiro atoms. The summed E-state index contributed by atoms with van der Waals surface area (Å²) in [7, 11) is 0. The van der Waals surface area contributed by atoms with Gasteiger partial charge in [0.05, 0.1) is 0 Å². The quantitative estimate of drug-likeness (QED) is 0.700. The zero-order valence-electron chi connectivity index (χ0n) is 9.50. The van der Waals surface area contributed by atoms with Crippen molar-refractivity contribution in [2.45, 2.75) is 30.5 Å². The molecule has 0 heterocycles. The summed E-state index contributed by atoms with van der Waals surface area (Å²) in [4.78, 5) is 0.365. The minimum absolute atomic E-state index is 0.176. The van der Waals surface area contributed by atoms with Gasteiger partial charge in [-0.15, -0.1) is 0 Å². The minimum Gasteiger partial charge on any atom is -0.207 e. The van der Waals surface area contributed by atoms with Gasteiger partial charge in [0.1, 0.15) is 5.82 Å². The molecule has 2 fully saturated rings. The Balaban J connectivity index is 1.69. The molecule has 3 atom stereocenters. The lowest BCUT2D eigenvalue weighted by Gasteiger charge is -2.19. The fraction of sp³-hybridized carbons (Fsp3) is 0.571. The molecule has 0 aromatic heterocycles. The van der Waals surface area contributed by atoms with Gasteiger partial charge in [0.2, 0.25) is 0 Å². The fourth-order valence-electron chi connectivity index (χ4n) is 3.15. The molecule has 0 aliphatic heterocycles. The predicted octanol–water partition coefficient (Wildman–Crippen LogP) is 4.83. The Hall–Kier alpha value is -0.0800. The van der Waals surface area contributed by atoms with Gasteiger partial charge in [-0.2, -0.15) is 0 Å². The van der Waals surface area contributed by atoms with E-state index in [1.807, 2.05) is 0 Å². The molecule has 0 amide bonds. The minimum atomic E-state index is -0.176. The van der Waals surface area contributed by atoms with E-state index < -0.39 is 0 Å². The molecule has 0 N–H and O–H groups in total. The maximum absolute atomic E-state index is 13.7. The fourth-order valence-corrected chi connectivity index (χ4v) is 4.14. The van der Waals surface area contributed by atoms with E-state index in [0.29, 0.717) is 27.8 Å². The van der Waals surface area contributed by atoms with Crippen LogP contribution in [-0.4, -0.2) is 4.83 Å². The maximum atomic E-state index is 13.7. The first kappa shape index (κ1) is 12.0. The van der Waals surface area contributed by atoms with Gasteiger partial charge in [-0.05, 0) is 55.6 Å². The van der Waals surface area contributed by atoms with Gasteiger partial charge >= 0.3 is 0 Å². The largest absolute Gasteiger partial charge is 0.207 e. The van der Waals surface area contributed by atoms with Crippen LogP contribution in [0.1, 0.15) is 24.8 Å². The van der Waals surface area contributed by atoms with E-state index in [-0.39, 0.29) is 5.82 Å². The Morgan fingerprint density at radius 1 is 1.29 bits per heavy atom. The van der Waals surface area contributed by atoms with Crippen molar-refractivity contribution in [3.05, 3.63) is 34.6 Å². The molecule has 1 aromatic rings. The first-order chi connectivity index (χ1) is 8.15. The van der Waals surface area contributed by atoms with E-state index in [0.717, 1.165) is 11.8 Å². The molecule has 0 nitrogen and oxygen atoms in total. The summed E-state index contributed by atoms with van der Waals surface area (Å²) in [6, 6.07) is 4.92. The van der Waals surface area contributed by atoms with Crippen LogP contribution in [0.15, 0.2) is 18.2 Å². The third-order valence-electron chi connectivity index (χ3n) is 4.25. The van der Waals surface area contributed by atoms with Crippen molar-refractivity contribution in [1.82, 2.24) is 0 Å². The van der Waals surface area contributed by atoms with Gasteiger partial charge in [0.25, 0.3) is 0 Å². The number of rotatable bonds is 3. The van der Waals surface area contributed by atoms with Gasteiger partial charge in [0, 0.05) is 15.4 Å². The van der Waals surface area contributed by atoms with Crippen molar-refractivity contribution >= 4 is 27.5 Å². The lowest BCUT2D eigenvalue weighted by Crippen LogP contribution is -2.16. The van der Waals surface area contributed by atoms with Gasteiger partial charge in [-0.1, -0.05) is 33.6 Å². The van der Waals surface area contributed by atoms with E-state index in [9.17, 15) is 4.39 Å². The highest BCUT2D eigenvalue weighted by molar-refractivity contribution is 9.09. The summed E-state index contributed by atoms with van der Waals surface area (Å²) in [6.45, 7) is 0. The first-order valence-corrected chi connectivity index (χ1v) is 7.51. The van der Waals surface area contributed by atoms with Crippen LogP contribution in [0.5, 0.6) is 0 Å². The van der Waals surface area contributed by atoms with Crippen molar-refractivity contribution in [2.75, 3.05) is 0 Å². The third kappa shape index (κ3) is 2.39. The zero-order chi connectivity index (χ0) is 12.0. The second-order valence-corrected chi connectivity index (χ2v) is 6.99. The average molecular weight is 318 g/mol. The molecule has 2 aliphatic carbocycles. The van der Waals surface area contributed by atoms with E-state index in [1.54, 1.807) is 12.1 Å². The summed E-state index contributed by atoms with van der Waals surface area (Å²) in [6.07, 6.45) is 4.76. The summed E-state index contributed by atoms with van der Waals surface area (Å²) < 4.78 is 13.7. The Morgan fingerprint density at radius 3 is 2.65 bits per heavy atom. The molecule has 0 radical (unpaired) electrons. The lowest BCUT2D eigenvalue weighted by atomic mass is 9.95. The Kier molecular flexibility index (Phi) is 3.20. The first-order valence-electron chi connectivity index (χ1n) is 6.22. The van der Waals surface area contributed by atoms with Crippen LogP contribution in [-0.2, 0) is 6.42 Å². The number of hydrogen-bond acceptors (Lipinski definition) is 0. The van der Waals surface area contributed by atoms with Crippen molar-refractivity contribution in [3.8, 4) is 0 Å². The molecular formula is C14H15BrClF. The van der Waals surface area contributed by atoms with Crippen LogP contribution in [0.25, 0.3) is 0 Å². The Bertz CT molecular complexity index is 404. The molecule has 1 aromatic carbocycles. The van der Waals surface area contributed by atoms with Crippen molar-refractivity contribution in [1.29, 1.82) is 0 Å². The van der Waals surface area contributed by atoms with Crippen LogP contribution >= 0.6 is 27.5 Å². The predicted molar refractivity (Wildman–Crippen MR) is 72.2 cm³/mol. The molecule has 2 aliphatic rings. The monoisotopic (exact) mass is 316 g/mol. The molecule has 2 saturated carbocycles. The Morgan fingerprint density at radius 2 is 2.00 bits per heavy atom. The molecule has 0 saturated heterocycles. The second kappa shape index (κ2) is 4.55. The van der Waals surface area contributed by atoms with Crippen LogP contribution in [0.2, 0.25) is 5.02 Å². The highest BCUT2D eigenvalue weighted by atomic mass is 79.9. The number of halogens is 3. The van der Waals surface area contributed by atoms with Gasteiger partial charge in [0.15, 0.2) is 0 Å². The number of benzene rings is 1. The molecule has 3 rings (SSSR count). The summed E-state index contributed by atoms with van der Waals surface area (Å²) >= 11 is 9.79. The molecule has 0 bridgehead atoms. The zero-order valence-corrected chi connectivity index (χ0v) is 11.8. The molecule has 3 unspecified atom stereocenters. The summed E-state index contributed by atoms with van der Waals surface area (Å²) in [5, 5.41) is 0.553. The van der Waals surface area contributed by atoms with E-state index in [4.69, 9.17) is 11.6 Å². The molecule has 3 heteroatoms. The third-order valence-corrected chi connectivity index (χ3v) is 5.68. The van der Waals surface area contributed by atoms with Crippen LogP contribution in [0.4, 0.5) is 4.39 Å². The van der Waals surface area contributed by atoms with E-state index in [2.05, 4.69) is 15.9 Å². The van der Waals surface area contributed by atoms with Crippen LogP contribution in [0.3, 0.4) is 0 Å². The summed E-state index contributed by atoms with van der Waals surface area (Å²) in [5.74, 6) is 2.46. The molecular weight excluding hydrogens is 303 g/mol. The van der Waals surface area contributed by atoms with E-state index in [1.165, 1.54) is 25.3 Å². The van der Waals surface area contributed by atoms with Crippen molar-refractivity contribution in [2.24, 2.45) is 17.8 Å².